The molecule has 1 saturated heterocycles. The van der Waals surface area contributed by atoms with Gasteiger partial charge in [-0.25, -0.2) is 0 Å². The predicted octanol–water partition coefficient (Wildman–Crippen LogP) is 3.42. The summed E-state index contributed by atoms with van der Waals surface area (Å²) in [6.45, 7) is 6.80. The summed E-state index contributed by atoms with van der Waals surface area (Å²) in [5, 5.41) is 7.68. The molecule has 6 heteroatoms. The molecule has 0 amide bonds. The summed E-state index contributed by atoms with van der Waals surface area (Å²) in [6.07, 6.45) is 7.46. The average Bonchev–Trinajstić information content (AvgIpc) is 3.16. The number of benzene rings is 1. The van der Waals surface area contributed by atoms with Crippen LogP contribution >= 0.6 is 24.0 Å². The highest BCUT2D eigenvalue weighted by molar-refractivity contribution is 14.0. The fourth-order valence-corrected chi connectivity index (χ4v) is 3.41. The predicted molar refractivity (Wildman–Crippen MR) is 118 cm³/mol. The molecule has 1 aliphatic rings. The molecule has 26 heavy (non-hydrogen) atoms. The number of aromatic nitrogens is 2. The highest BCUT2D eigenvalue weighted by Crippen LogP contribution is 2.21. The SMILES string of the molecule is CCNC(=NCCn1cccn1)N1CCC(Cc2ccccc2)CC1.I. The zero-order valence-electron chi connectivity index (χ0n) is 15.6. The van der Waals surface area contributed by atoms with Gasteiger partial charge < -0.3 is 10.2 Å². The van der Waals surface area contributed by atoms with E-state index in [4.69, 9.17) is 4.99 Å². The minimum absolute atomic E-state index is 0. The van der Waals surface area contributed by atoms with Crippen LogP contribution in [-0.2, 0) is 13.0 Å². The van der Waals surface area contributed by atoms with Crippen molar-refractivity contribution in [3.63, 3.8) is 0 Å². The molecule has 1 aromatic carbocycles. The van der Waals surface area contributed by atoms with Gasteiger partial charge in [-0.15, -0.1) is 24.0 Å². The first-order valence-corrected chi connectivity index (χ1v) is 9.39. The molecule has 0 aliphatic carbocycles. The topological polar surface area (TPSA) is 45.5 Å². The van der Waals surface area contributed by atoms with Crippen molar-refractivity contribution in [2.45, 2.75) is 32.7 Å². The summed E-state index contributed by atoms with van der Waals surface area (Å²) in [5.41, 5.74) is 1.46. The molecule has 0 saturated carbocycles. The van der Waals surface area contributed by atoms with Gasteiger partial charge in [0.25, 0.3) is 0 Å². The van der Waals surface area contributed by atoms with Gasteiger partial charge in [-0.05, 0) is 43.7 Å². The fourth-order valence-electron chi connectivity index (χ4n) is 3.41. The molecule has 1 aromatic heterocycles. The van der Waals surface area contributed by atoms with Crippen LogP contribution in [-0.4, -0.2) is 46.8 Å². The Labute approximate surface area is 173 Å². The number of nitrogens with zero attached hydrogens (tertiary/aromatic N) is 4. The van der Waals surface area contributed by atoms with E-state index >= 15 is 0 Å². The molecule has 0 atom stereocenters. The van der Waals surface area contributed by atoms with Crippen LogP contribution in [0.1, 0.15) is 25.3 Å². The zero-order chi connectivity index (χ0) is 17.3. The third-order valence-corrected chi connectivity index (χ3v) is 4.77. The Morgan fingerprint density at radius 2 is 1.96 bits per heavy atom. The molecule has 0 bridgehead atoms. The van der Waals surface area contributed by atoms with Crippen LogP contribution < -0.4 is 5.32 Å². The van der Waals surface area contributed by atoms with Gasteiger partial charge in [0, 0.05) is 32.0 Å². The van der Waals surface area contributed by atoms with E-state index in [9.17, 15) is 0 Å². The standard InChI is InChI=1S/C20H29N5.HI/c1-2-21-20(22-12-16-25-13-6-11-23-25)24-14-9-19(10-15-24)17-18-7-4-3-5-8-18;/h3-8,11,13,19H,2,9-10,12,14-17H2,1H3,(H,21,22);1H. The lowest BCUT2D eigenvalue weighted by molar-refractivity contribution is 0.259. The normalized spacial score (nSPS) is 15.6. The first-order chi connectivity index (χ1) is 12.3. The Morgan fingerprint density at radius 3 is 2.62 bits per heavy atom. The molecule has 1 aliphatic heterocycles. The van der Waals surface area contributed by atoms with Gasteiger partial charge in [0.1, 0.15) is 0 Å². The molecule has 3 rings (SSSR count). The van der Waals surface area contributed by atoms with Crippen molar-refractivity contribution < 1.29 is 0 Å². The van der Waals surface area contributed by atoms with Gasteiger partial charge >= 0.3 is 0 Å². The Hall–Kier alpha value is -1.57. The molecule has 2 heterocycles. The summed E-state index contributed by atoms with van der Waals surface area (Å²) < 4.78 is 1.93. The average molecular weight is 467 g/mol. The Balaban J connectivity index is 0.00000243. The van der Waals surface area contributed by atoms with Crippen molar-refractivity contribution in [2.75, 3.05) is 26.2 Å². The number of halogens is 1. The maximum Gasteiger partial charge on any atom is 0.193 e. The van der Waals surface area contributed by atoms with Crippen LogP contribution in [0.25, 0.3) is 0 Å². The van der Waals surface area contributed by atoms with Gasteiger partial charge in [0.2, 0.25) is 0 Å². The van der Waals surface area contributed by atoms with Crippen LogP contribution in [0.15, 0.2) is 53.8 Å². The molecule has 1 fully saturated rings. The van der Waals surface area contributed by atoms with Crippen LogP contribution in [0.3, 0.4) is 0 Å². The van der Waals surface area contributed by atoms with E-state index in [0.717, 1.165) is 44.6 Å². The maximum atomic E-state index is 4.79. The van der Waals surface area contributed by atoms with Crippen LogP contribution in [0, 0.1) is 5.92 Å². The van der Waals surface area contributed by atoms with E-state index in [0.29, 0.717) is 0 Å². The zero-order valence-corrected chi connectivity index (χ0v) is 17.9. The van der Waals surface area contributed by atoms with E-state index in [1.165, 1.54) is 24.8 Å². The minimum Gasteiger partial charge on any atom is -0.357 e. The number of likely N-dealkylation sites (tertiary alicyclic amines) is 1. The molecule has 5 nitrogen and oxygen atoms in total. The van der Waals surface area contributed by atoms with Crippen LogP contribution in [0.4, 0.5) is 0 Å². The monoisotopic (exact) mass is 467 g/mol. The fraction of sp³-hybridized carbons (Fsp3) is 0.500. The molecule has 0 spiro atoms. The molecular formula is C20H30IN5. The number of rotatable bonds is 6. The third-order valence-electron chi connectivity index (χ3n) is 4.77. The van der Waals surface area contributed by atoms with Crippen molar-refractivity contribution in [3.05, 3.63) is 54.4 Å². The second kappa shape index (κ2) is 11.2. The van der Waals surface area contributed by atoms with Gasteiger partial charge in [0.05, 0.1) is 13.1 Å². The summed E-state index contributed by atoms with van der Waals surface area (Å²) in [6, 6.07) is 12.8. The van der Waals surface area contributed by atoms with Crippen LogP contribution in [0.5, 0.6) is 0 Å². The lowest BCUT2D eigenvalue weighted by Gasteiger charge is -2.34. The molecule has 1 N–H and O–H groups in total. The van der Waals surface area contributed by atoms with E-state index < -0.39 is 0 Å². The Bertz CT molecular complexity index is 633. The number of hydrogen-bond donors (Lipinski definition) is 1. The van der Waals surface area contributed by atoms with Gasteiger partial charge in [-0.1, -0.05) is 30.3 Å². The van der Waals surface area contributed by atoms with Gasteiger partial charge in [-0.3, -0.25) is 9.67 Å². The van der Waals surface area contributed by atoms with E-state index in [2.05, 4.69) is 52.6 Å². The number of nitrogens with one attached hydrogen (secondary N) is 1. The summed E-state index contributed by atoms with van der Waals surface area (Å²) >= 11 is 0. The van der Waals surface area contributed by atoms with Crippen LogP contribution in [0.2, 0.25) is 0 Å². The van der Waals surface area contributed by atoms with Crippen molar-refractivity contribution in [2.24, 2.45) is 10.9 Å². The lowest BCUT2D eigenvalue weighted by Crippen LogP contribution is -2.46. The first kappa shape index (κ1) is 20.7. The smallest absolute Gasteiger partial charge is 0.193 e. The second-order valence-corrected chi connectivity index (χ2v) is 6.62. The van der Waals surface area contributed by atoms with E-state index in [1.54, 1.807) is 0 Å². The highest BCUT2D eigenvalue weighted by Gasteiger charge is 2.21. The second-order valence-electron chi connectivity index (χ2n) is 6.62. The minimum atomic E-state index is 0. The first-order valence-electron chi connectivity index (χ1n) is 9.39. The molecule has 142 valence electrons. The van der Waals surface area contributed by atoms with E-state index in [-0.39, 0.29) is 24.0 Å². The number of piperidine rings is 1. The maximum absolute atomic E-state index is 4.79. The highest BCUT2D eigenvalue weighted by atomic mass is 127. The number of hydrogen-bond acceptors (Lipinski definition) is 2. The summed E-state index contributed by atoms with van der Waals surface area (Å²) in [7, 11) is 0. The largest absolute Gasteiger partial charge is 0.357 e. The Morgan fingerprint density at radius 1 is 1.19 bits per heavy atom. The van der Waals surface area contributed by atoms with Crippen molar-refractivity contribution >= 4 is 29.9 Å². The summed E-state index contributed by atoms with van der Waals surface area (Å²) in [5.74, 6) is 1.83. The summed E-state index contributed by atoms with van der Waals surface area (Å²) in [4.78, 5) is 7.20. The van der Waals surface area contributed by atoms with Crippen molar-refractivity contribution in [3.8, 4) is 0 Å². The molecular weight excluding hydrogens is 437 g/mol. The van der Waals surface area contributed by atoms with Crippen molar-refractivity contribution in [1.29, 1.82) is 0 Å². The van der Waals surface area contributed by atoms with E-state index in [1.807, 2.05) is 23.1 Å². The molecule has 0 unspecified atom stereocenters. The third kappa shape index (κ3) is 6.30. The molecule has 2 aromatic rings. The molecule has 0 radical (unpaired) electrons. The van der Waals surface area contributed by atoms with Gasteiger partial charge in [-0.2, -0.15) is 5.10 Å². The lowest BCUT2D eigenvalue weighted by atomic mass is 9.90. The quantitative estimate of drug-likeness (QED) is 0.403. The number of aliphatic imine (C=N–C) groups is 1. The Kier molecular flexibility index (Phi) is 8.94. The van der Waals surface area contributed by atoms with Gasteiger partial charge in [0.15, 0.2) is 5.96 Å². The van der Waals surface area contributed by atoms with Crippen molar-refractivity contribution in [1.82, 2.24) is 20.0 Å². The number of guanidine groups is 1.